The van der Waals surface area contributed by atoms with Crippen molar-refractivity contribution in [2.75, 3.05) is 24.6 Å². The van der Waals surface area contributed by atoms with E-state index in [2.05, 4.69) is 15.6 Å². The molecule has 2 amide bonds. The van der Waals surface area contributed by atoms with Gasteiger partial charge >= 0.3 is 0 Å². The quantitative estimate of drug-likeness (QED) is 0.548. The molecule has 6 N–H and O–H groups in total. The molecule has 7 nitrogen and oxygen atoms in total. The molecule has 1 heterocycles. The monoisotopic (exact) mass is 243 g/mol. The zero-order chi connectivity index (χ0) is 12.1. The molecule has 88 valence electrons. The van der Waals surface area contributed by atoms with Crippen LogP contribution in [0.25, 0.3) is 0 Å². The van der Waals surface area contributed by atoms with Crippen LogP contribution in [0.4, 0.5) is 10.9 Å². The van der Waals surface area contributed by atoms with Crippen molar-refractivity contribution in [1.82, 2.24) is 10.3 Å². The normalized spacial score (nSPS) is 9.81. The average Bonchev–Trinajstić information content (AvgIpc) is 2.59. The van der Waals surface area contributed by atoms with Crippen molar-refractivity contribution in [2.45, 2.75) is 6.42 Å². The van der Waals surface area contributed by atoms with E-state index in [1.807, 2.05) is 0 Å². The first-order chi connectivity index (χ1) is 7.54. The van der Waals surface area contributed by atoms with Gasteiger partial charge in [0.05, 0.1) is 0 Å². The van der Waals surface area contributed by atoms with Crippen molar-refractivity contribution in [3.8, 4) is 0 Å². The molecule has 0 unspecified atom stereocenters. The van der Waals surface area contributed by atoms with Crippen LogP contribution in [0.1, 0.15) is 16.1 Å². The zero-order valence-electron chi connectivity index (χ0n) is 8.74. The maximum absolute atomic E-state index is 11.6. The van der Waals surface area contributed by atoms with Crippen LogP contribution in [-0.4, -0.2) is 30.4 Å². The molecule has 0 radical (unpaired) electrons. The lowest BCUT2D eigenvalue weighted by Crippen LogP contribution is -2.27. The number of carbonyl (C=O) groups is 2. The second-order valence-electron chi connectivity index (χ2n) is 2.96. The number of nitrogens with zero attached hydrogens (tertiary/aromatic N) is 1. The lowest BCUT2D eigenvalue weighted by Gasteiger charge is -2.01. The number of primary amides is 1. The van der Waals surface area contributed by atoms with Crippen molar-refractivity contribution in [3.63, 3.8) is 0 Å². The maximum Gasteiger partial charge on any atom is 0.265 e. The molecule has 0 bridgehead atoms. The number of anilines is 2. The van der Waals surface area contributed by atoms with Gasteiger partial charge in [-0.2, -0.15) is 0 Å². The SMILES string of the molecule is CNc1nc(N)c(C(=O)NCCC(N)=O)s1. The van der Waals surface area contributed by atoms with Crippen molar-refractivity contribution < 1.29 is 9.59 Å². The van der Waals surface area contributed by atoms with Gasteiger partial charge in [0.1, 0.15) is 10.7 Å². The van der Waals surface area contributed by atoms with Crippen LogP contribution in [0.2, 0.25) is 0 Å². The number of aromatic nitrogens is 1. The van der Waals surface area contributed by atoms with Crippen LogP contribution >= 0.6 is 11.3 Å². The lowest BCUT2D eigenvalue weighted by molar-refractivity contribution is -0.117. The Hall–Kier alpha value is -1.83. The van der Waals surface area contributed by atoms with Crippen molar-refractivity contribution in [2.24, 2.45) is 5.73 Å². The standard InChI is InChI=1S/C8H13N5O2S/c1-11-8-13-6(10)5(16-8)7(15)12-3-2-4(9)14/h2-3,10H2,1H3,(H2,9,14)(H,11,13)(H,12,15). The molecule has 1 aromatic rings. The summed E-state index contributed by atoms with van der Waals surface area (Å²) in [5, 5.41) is 5.89. The summed E-state index contributed by atoms with van der Waals surface area (Å²) in [6.45, 7) is 0.195. The van der Waals surface area contributed by atoms with Crippen LogP contribution < -0.4 is 22.1 Å². The first-order valence-corrected chi connectivity index (χ1v) is 5.36. The summed E-state index contributed by atoms with van der Waals surface area (Å²) in [4.78, 5) is 26.3. The van der Waals surface area contributed by atoms with Crippen molar-refractivity contribution in [3.05, 3.63) is 4.88 Å². The van der Waals surface area contributed by atoms with E-state index < -0.39 is 5.91 Å². The molecular formula is C8H13N5O2S. The smallest absolute Gasteiger partial charge is 0.265 e. The van der Waals surface area contributed by atoms with Crippen LogP contribution in [0.5, 0.6) is 0 Å². The Morgan fingerprint density at radius 1 is 1.50 bits per heavy atom. The number of amides is 2. The van der Waals surface area contributed by atoms with E-state index in [1.165, 1.54) is 0 Å². The molecule has 0 aliphatic heterocycles. The highest BCUT2D eigenvalue weighted by Crippen LogP contribution is 2.23. The number of nitrogen functional groups attached to an aromatic ring is 1. The summed E-state index contributed by atoms with van der Waals surface area (Å²) in [6, 6.07) is 0. The number of thiazole rings is 1. The van der Waals surface area contributed by atoms with Gasteiger partial charge in [0, 0.05) is 20.0 Å². The van der Waals surface area contributed by atoms with Gasteiger partial charge in [0.2, 0.25) is 5.91 Å². The molecule has 0 fully saturated rings. The Labute approximate surface area is 96.2 Å². The minimum absolute atomic E-state index is 0.101. The molecule has 1 rings (SSSR count). The van der Waals surface area contributed by atoms with Gasteiger partial charge in [-0.1, -0.05) is 11.3 Å². The predicted molar refractivity (Wildman–Crippen MR) is 62.2 cm³/mol. The summed E-state index contributed by atoms with van der Waals surface area (Å²) in [7, 11) is 1.69. The topological polar surface area (TPSA) is 123 Å². The minimum atomic E-state index is -0.464. The highest BCUT2D eigenvalue weighted by molar-refractivity contribution is 7.18. The largest absolute Gasteiger partial charge is 0.382 e. The van der Waals surface area contributed by atoms with Crippen LogP contribution in [0.3, 0.4) is 0 Å². The fourth-order valence-corrected chi connectivity index (χ4v) is 1.74. The number of nitrogens with one attached hydrogen (secondary N) is 2. The van der Waals surface area contributed by atoms with Gasteiger partial charge in [-0.15, -0.1) is 0 Å². The second-order valence-corrected chi connectivity index (χ2v) is 3.95. The predicted octanol–water partition coefficient (Wildman–Crippen LogP) is -0.628. The summed E-state index contributed by atoms with van der Waals surface area (Å²) in [6.07, 6.45) is 0.101. The highest BCUT2D eigenvalue weighted by Gasteiger charge is 2.15. The van der Waals surface area contributed by atoms with E-state index in [4.69, 9.17) is 11.5 Å². The van der Waals surface area contributed by atoms with Gasteiger partial charge in [0.25, 0.3) is 5.91 Å². The molecule has 0 aliphatic carbocycles. The molecule has 0 aliphatic rings. The maximum atomic E-state index is 11.6. The first kappa shape index (κ1) is 12.2. The first-order valence-electron chi connectivity index (χ1n) is 4.55. The Balaban J connectivity index is 2.58. The third-order valence-electron chi connectivity index (χ3n) is 1.73. The van der Waals surface area contributed by atoms with Gasteiger partial charge < -0.3 is 22.1 Å². The molecule has 0 saturated carbocycles. The fraction of sp³-hybridized carbons (Fsp3) is 0.375. The third kappa shape index (κ3) is 3.09. The Morgan fingerprint density at radius 3 is 2.69 bits per heavy atom. The molecule has 8 heteroatoms. The van der Waals surface area contributed by atoms with Crippen molar-refractivity contribution in [1.29, 1.82) is 0 Å². The van der Waals surface area contributed by atoms with E-state index in [0.29, 0.717) is 10.0 Å². The van der Waals surface area contributed by atoms with Gasteiger partial charge in [-0.25, -0.2) is 4.98 Å². The summed E-state index contributed by atoms with van der Waals surface area (Å²) in [5.41, 5.74) is 10.5. The molecule has 0 aromatic carbocycles. The summed E-state index contributed by atoms with van der Waals surface area (Å²) in [5.74, 6) is -0.642. The van der Waals surface area contributed by atoms with E-state index in [-0.39, 0.29) is 24.7 Å². The Bertz CT molecular complexity index is 403. The number of hydrogen-bond donors (Lipinski definition) is 4. The molecule has 0 spiro atoms. The number of rotatable bonds is 5. The van der Waals surface area contributed by atoms with E-state index in [9.17, 15) is 9.59 Å². The van der Waals surface area contributed by atoms with E-state index in [0.717, 1.165) is 11.3 Å². The highest BCUT2D eigenvalue weighted by atomic mass is 32.1. The van der Waals surface area contributed by atoms with Crippen LogP contribution in [-0.2, 0) is 4.79 Å². The van der Waals surface area contributed by atoms with E-state index >= 15 is 0 Å². The van der Waals surface area contributed by atoms with Gasteiger partial charge in [-0.05, 0) is 0 Å². The molecule has 16 heavy (non-hydrogen) atoms. The average molecular weight is 243 g/mol. The van der Waals surface area contributed by atoms with Gasteiger partial charge in [-0.3, -0.25) is 9.59 Å². The molecule has 0 atom stereocenters. The Morgan fingerprint density at radius 2 is 2.19 bits per heavy atom. The molecular weight excluding hydrogens is 230 g/mol. The number of hydrogen-bond acceptors (Lipinski definition) is 6. The van der Waals surface area contributed by atoms with E-state index in [1.54, 1.807) is 7.05 Å². The summed E-state index contributed by atoms with van der Waals surface area (Å²) >= 11 is 1.15. The summed E-state index contributed by atoms with van der Waals surface area (Å²) < 4.78 is 0. The zero-order valence-corrected chi connectivity index (χ0v) is 9.56. The fourth-order valence-electron chi connectivity index (χ4n) is 0.981. The van der Waals surface area contributed by atoms with Crippen molar-refractivity contribution >= 4 is 34.1 Å². The molecule has 0 saturated heterocycles. The van der Waals surface area contributed by atoms with Gasteiger partial charge in [0.15, 0.2) is 5.13 Å². The number of carbonyl (C=O) groups excluding carboxylic acids is 2. The lowest BCUT2D eigenvalue weighted by atomic mass is 10.4. The van der Waals surface area contributed by atoms with Crippen LogP contribution in [0, 0.1) is 0 Å². The third-order valence-corrected chi connectivity index (χ3v) is 2.82. The Kier molecular flexibility index (Phi) is 4.06. The number of nitrogens with two attached hydrogens (primary N) is 2. The van der Waals surface area contributed by atoms with Crippen LogP contribution in [0.15, 0.2) is 0 Å². The minimum Gasteiger partial charge on any atom is -0.382 e. The molecule has 1 aromatic heterocycles. The second kappa shape index (κ2) is 5.31.